The van der Waals surface area contributed by atoms with Gasteiger partial charge in [-0.25, -0.2) is 0 Å². The summed E-state index contributed by atoms with van der Waals surface area (Å²) in [4.78, 5) is 0. The van der Waals surface area contributed by atoms with Crippen molar-refractivity contribution in [3.63, 3.8) is 0 Å². The summed E-state index contributed by atoms with van der Waals surface area (Å²) in [5, 5.41) is 9.85. The van der Waals surface area contributed by atoms with Crippen LogP contribution in [0.3, 0.4) is 0 Å². The van der Waals surface area contributed by atoms with Gasteiger partial charge in [0.15, 0.2) is 0 Å². The molecule has 0 saturated heterocycles. The zero-order valence-corrected chi connectivity index (χ0v) is 10.5. The SMILES string of the molecule is COCCOCCC(O)CC1CCCCC1. The van der Waals surface area contributed by atoms with Crippen LogP contribution in [0.25, 0.3) is 0 Å². The summed E-state index contributed by atoms with van der Waals surface area (Å²) in [5.74, 6) is 0.753. The van der Waals surface area contributed by atoms with Gasteiger partial charge in [-0.05, 0) is 18.8 Å². The van der Waals surface area contributed by atoms with Crippen LogP contribution in [0.2, 0.25) is 0 Å². The summed E-state index contributed by atoms with van der Waals surface area (Å²) >= 11 is 0. The molecule has 0 aliphatic heterocycles. The van der Waals surface area contributed by atoms with Crippen molar-refractivity contribution in [3.05, 3.63) is 0 Å². The van der Waals surface area contributed by atoms with E-state index in [4.69, 9.17) is 9.47 Å². The molecule has 0 bridgehead atoms. The minimum atomic E-state index is -0.175. The van der Waals surface area contributed by atoms with Gasteiger partial charge in [-0.15, -0.1) is 0 Å². The van der Waals surface area contributed by atoms with Gasteiger partial charge in [-0.2, -0.15) is 0 Å². The zero-order valence-electron chi connectivity index (χ0n) is 10.5. The lowest BCUT2D eigenvalue weighted by Gasteiger charge is -2.23. The first kappa shape index (κ1) is 13.9. The van der Waals surface area contributed by atoms with E-state index in [9.17, 15) is 5.11 Å². The van der Waals surface area contributed by atoms with Crippen LogP contribution >= 0.6 is 0 Å². The Bertz CT molecular complexity index is 155. The van der Waals surface area contributed by atoms with E-state index in [2.05, 4.69) is 0 Å². The number of methoxy groups -OCH3 is 1. The van der Waals surface area contributed by atoms with Crippen molar-refractivity contribution >= 4 is 0 Å². The third-order valence-corrected chi connectivity index (χ3v) is 3.36. The van der Waals surface area contributed by atoms with Crippen LogP contribution in [0, 0.1) is 5.92 Å². The third-order valence-electron chi connectivity index (χ3n) is 3.36. The minimum Gasteiger partial charge on any atom is -0.393 e. The fourth-order valence-corrected chi connectivity index (χ4v) is 2.39. The molecule has 0 heterocycles. The molecule has 0 spiro atoms. The molecule has 3 heteroatoms. The topological polar surface area (TPSA) is 38.7 Å². The highest BCUT2D eigenvalue weighted by molar-refractivity contribution is 4.69. The van der Waals surface area contributed by atoms with Crippen LogP contribution in [0.4, 0.5) is 0 Å². The van der Waals surface area contributed by atoms with Crippen LogP contribution < -0.4 is 0 Å². The van der Waals surface area contributed by atoms with Gasteiger partial charge in [0.2, 0.25) is 0 Å². The molecule has 1 unspecified atom stereocenters. The van der Waals surface area contributed by atoms with Crippen LogP contribution in [-0.2, 0) is 9.47 Å². The first-order valence-electron chi connectivity index (χ1n) is 6.57. The quantitative estimate of drug-likeness (QED) is 0.651. The Balaban J connectivity index is 1.95. The molecule has 3 nitrogen and oxygen atoms in total. The third kappa shape index (κ3) is 6.46. The molecular weight excluding hydrogens is 204 g/mol. The highest BCUT2D eigenvalue weighted by Crippen LogP contribution is 2.27. The van der Waals surface area contributed by atoms with Crippen molar-refractivity contribution in [3.8, 4) is 0 Å². The van der Waals surface area contributed by atoms with E-state index in [-0.39, 0.29) is 6.10 Å². The number of hydrogen-bond acceptors (Lipinski definition) is 3. The zero-order chi connectivity index (χ0) is 11.6. The fraction of sp³-hybridized carbons (Fsp3) is 1.00. The number of ether oxygens (including phenoxy) is 2. The molecule has 0 radical (unpaired) electrons. The van der Waals surface area contributed by atoms with Crippen molar-refractivity contribution < 1.29 is 14.6 Å². The van der Waals surface area contributed by atoms with E-state index >= 15 is 0 Å². The largest absolute Gasteiger partial charge is 0.393 e. The van der Waals surface area contributed by atoms with E-state index in [1.807, 2.05) is 0 Å². The molecular formula is C13H26O3. The predicted octanol–water partition coefficient (Wildman–Crippen LogP) is 2.37. The second-order valence-corrected chi connectivity index (χ2v) is 4.79. The molecule has 0 amide bonds. The Morgan fingerprint density at radius 3 is 2.56 bits per heavy atom. The molecule has 1 rings (SSSR count). The average molecular weight is 230 g/mol. The molecule has 0 aromatic carbocycles. The second-order valence-electron chi connectivity index (χ2n) is 4.79. The van der Waals surface area contributed by atoms with Crippen molar-refractivity contribution in [2.24, 2.45) is 5.92 Å². The summed E-state index contributed by atoms with van der Waals surface area (Å²) in [6.07, 6.45) is 8.25. The van der Waals surface area contributed by atoms with Crippen molar-refractivity contribution in [1.82, 2.24) is 0 Å². The highest BCUT2D eigenvalue weighted by Gasteiger charge is 2.17. The van der Waals surface area contributed by atoms with E-state index in [1.165, 1.54) is 32.1 Å². The van der Waals surface area contributed by atoms with Gasteiger partial charge < -0.3 is 14.6 Å². The summed E-state index contributed by atoms with van der Waals surface area (Å²) < 4.78 is 10.2. The average Bonchev–Trinajstić information content (AvgIpc) is 2.30. The molecule has 1 atom stereocenters. The normalized spacial score (nSPS) is 19.9. The van der Waals surface area contributed by atoms with Gasteiger partial charge in [0.05, 0.1) is 19.3 Å². The van der Waals surface area contributed by atoms with Crippen LogP contribution in [0.5, 0.6) is 0 Å². The molecule has 1 N–H and O–H groups in total. The maximum absolute atomic E-state index is 9.85. The lowest BCUT2D eigenvalue weighted by atomic mass is 9.85. The highest BCUT2D eigenvalue weighted by atomic mass is 16.5. The molecule has 96 valence electrons. The van der Waals surface area contributed by atoms with E-state index in [0.29, 0.717) is 19.8 Å². The van der Waals surface area contributed by atoms with Crippen molar-refractivity contribution in [2.75, 3.05) is 26.9 Å². The lowest BCUT2D eigenvalue weighted by Crippen LogP contribution is -2.18. The van der Waals surface area contributed by atoms with Crippen LogP contribution in [0.15, 0.2) is 0 Å². The number of hydrogen-bond donors (Lipinski definition) is 1. The van der Waals surface area contributed by atoms with Gasteiger partial charge in [0.25, 0.3) is 0 Å². The molecule has 1 aliphatic carbocycles. The molecule has 16 heavy (non-hydrogen) atoms. The Labute approximate surface area is 99.1 Å². The Kier molecular flexibility index (Phi) is 7.81. The molecule has 0 aromatic heterocycles. The Hall–Kier alpha value is -0.120. The molecule has 1 saturated carbocycles. The summed E-state index contributed by atoms with van der Waals surface area (Å²) in [7, 11) is 1.67. The Morgan fingerprint density at radius 1 is 1.12 bits per heavy atom. The summed E-state index contributed by atoms with van der Waals surface area (Å²) in [6.45, 7) is 1.92. The number of aliphatic hydroxyl groups is 1. The van der Waals surface area contributed by atoms with Crippen LogP contribution in [-0.4, -0.2) is 38.1 Å². The summed E-state index contributed by atoms with van der Waals surface area (Å²) in [6, 6.07) is 0. The molecule has 0 aromatic rings. The van der Waals surface area contributed by atoms with Crippen molar-refractivity contribution in [1.29, 1.82) is 0 Å². The standard InChI is InChI=1S/C13H26O3/c1-15-9-10-16-8-7-13(14)11-12-5-3-2-4-6-12/h12-14H,2-11H2,1H3. The van der Waals surface area contributed by atoms with Gasteiger partial charge in [0, 0.05) is 13.7 Å². The maximum Gasteiger partial charge on any atom is 0.0700 e. The Morgan fingerprint density at radius 2 is 1.88 bits per heavy atom. The smallest absolute Gasteiger partial charge is 0.0700 e. The predicted molar refractivity (Wildman–Crippen MR) is 64.5 cm³/mol. The van der Waals surface area contributed by atoms with Gasteiger partial charge in [-0.3, -0.25) is 0 Å². The fourth-order valence-electron chi connectivity index (χ4n) is 2.39. The van der Waals surface area contributed by atoms with E-state index in [1.54, 1.807) is 7.11 Å². The number of aliphatic hydroxyl groups excluding tert-OH is 1. The van der Waals surface area contributed by atoms with Gasteiger partial charge in [0.1, 0.15) is 0 Å². The lowest BCUT2D eigenvalue weighted by molar-refractivity contribution is 0.0402. The monoisotopic (exact) mass is 230 g/mol. The van der Waals surface area contributed by atoms with E-state index < -0.39 is 0 Å². The van der Waals surface area contributed by atoms with Crippen molar-refractivity contribution in [2.45, 2.75) is 51.0 Å². The summed E-state index contributed by atoms with van der Waals surface area (Å²) in [5.41, 5.74) is 0. The molecule has 1 fully saturated rings. The number of rotatable bonds is 8. The minimum absolute atomic E-state index is 0.175. The van der Waals surface area contributed by atoms with Crippen LogP contribution in [0.1, 0.15) is 44.9 Å². The van der Waals surface area contributed by atoms with Gasteiger partial charge in [-0.1, -0.05) is 32.1 Å². The van der Waals surface area contributed by atoms with Gasteiger partial charge >= 0.3 is 0 Å². The first-order chi connectivity index (χ1) is 7.83. The van der Waals surface area contributed by atoms with E-state index in [0.717, 1.165) is 18.8 Å². The second kappa shape index (κ2) is 8.97. The maximum atomic E-state index is 9.85. The first-order valence-corrected chi connectivity index (χ1v) is 6.57. The molecule has 1 aliphatic rings.